The average Bonchev–Trinajstić information content (AvgIpc) is 2.00. The first-order chi connectivity index (χ1) is 6.26. The number of rotatable bonds is 4. The first-order valence-electron chi connectivity index (χ1n) is 4.22. The molecule has 0 aliphatic carbocycles. The number of hydrogen-bond donors (Lipinski definition) is 1. The van der Waals surface area contributed by atoms with E-state index in [1.165, 1.54) is 0 Å². The van der Waals surface area contributed by atoms with Crippen molar-refractivity contribution in [2.24, 2.45) is 5.73 Å². The Balaban J connectivity index is 4.25. The molecule has 0 aliphatic rings. The van der Waals surface area contributed by atoms with Crippen LogP contribution < -0.4 is 5.73 Å². The second-order valence-electron chi connectivity index (χ2n) is 3.37. The summed E-state index contributed by atoms with van der Waals surface area (Å²) in [5.41, 5.74) is 5.26. The molecule has 0 spiro atoms. The normalized spacial score (nSPS) is 14.5. The van der Waals surface area contributed by atoms with Gasteiger partial charge in [-0.25, -0.2) is 0 Å². The fraction of sp³-hybridized carbons (Fsp3) is 0.875. The first-order valence-corrected chi connectivity index (χ1v) is 4.22. The van der Waals surface area contributed by atoms with Crippen LogP contribution in [0.4, 0.5) is 13.2 Å². The van der Waals surface area contributed by atoms with Crippen LogP contribution in [0.25, 0.3) is 0 Å². The lowest BCUT2D eigenvalue weighted by atomic mass is 10.2. The molecular formula is C8H14F3N3. The summed E-state index contributed by atoms with van der Waals surface area (Å²) in [6.45, 7) is 2.18. The van der Waals surface area contributed by atoms with Crippen molar-refractivity contribution in [1.82, 2.24) is 4.90 Å². The molecule has 2 N–H and O–H groups in total. The molecule has 0 amide bonds. The van der Waals surface area contributed by atoms with Gasteiger partial charge in [0.2, 0.25) is 0 Å². The Bertz CT molecular complexity index is 207. The second-order valence-corrected chi connectivity index (χ2v) is 3.37. The molecule has 0 bridgehead atoms. The third-order valence-corrected chi connectivity index (χ3v) is 1.71. The highest BCUT2D eigenvalue weighted by molar-refractivity contribution is 4.90. The van der Waals surface area contributed by atoms with Crippen molar-refractivity contribution in [3.8, 4) is 6.07 Å². The van der Waals surface area contributed by atoms with Gasteiger partial charge in [-0.15, -0.1) is 0 Å². The van der Waals surface area contributed by atoms with Gasteiger partial charge in [0.25, 0.3) is 0 Å². The molecule has 0 radical (unpaired) electrons. The largest absolute Gasteiger partial charge is 0.401 e. The zero-order valence-corrected chi connectivity index (χ0v) is 8.17. The summed E-state index contributed by atoms with van der Waals surface area (Å²) in [5, 5.41) is 8.38. The van der Waals surface area contributed by atoms with Crippen molar-refractivity contribution in [3.05, 3.63) is 0 Å². The van der Waals surface area contributed by atoms with Crippen LogP contribution in [0.15, 0.2) is 0 Å². The lowest BCUT2D eigenvalue weighted by molar-refractivity contribution is -0.149. The predicted octanol–water partition coefficient (Wildman–Crippen LogP) is 1.11. The molecule has 1 unspecified atom stereocenters. The van der Waals surface area contributed by atoms with E-state index in [2.05, 4.69) is 0 Å². The van der Waals surface area contributed by atoms with Crippen LogP contribution in [0.2, 0.25) is 0 Å². The minimum absolute atomic E-state index is 0.0618. The van der Waals surface area contributed by atoms with E-state index in [1.807, 2.05) is 0 Å². The standard InChI is InChI=1S/C8H14F3N3/c1-6(2)14(4-7(13)3-12)5-8(9,10)11/h6-7H,4-5,13H2,1-2H3. The van der Waals surface area contributed by atoms with E-state index < -0.39 is 18.8 Å². The Labute approximate surface area is 81.3 Å². The maximum atomic E-state index is 12.1. The van der Waals surface area contributed by atoms with Crippen LogP contribution >= 0.6 is 0 Å². The van der Waals surface area contributed by atoms with Crippen molar-refractivity contribution in [2.45, 2.75) is 32.1 Å². The molecule has 6 heteroatoms. The number of alkyl halides is 3. The number of nitrogens with zero attached hydrogens (tertiary/aromatic N) is 2. The van der Waals surface area contributed by atoms with Gasteiger partial charge in [0.05, 0.1) is 12.6 Å². The Morgan fingerprint density at radius 1 is 1.43 bits per heavy atom. The van der Waals surface area contributed by atoms with Crippen molar-refractivity contribution in [2.75, 3.05) is 13.1 Å². The zero-order valence-electron chi connectivity index (χ0n) is 8.17. The highest BCUT2D eigenvalue weighted by atomic mass is 19.4. The summed E-state index contributed by atoms with van der Waals surface area (Å²) >= 11 is 0. The van der Waals surface area contributed by atoms with Gasteiger partial charge < -0.3 is 5.73 Å². The molecule has 0 heterocycles. The molecule has 0 aromatic rings. The Hall–Kier alpha value is -0.800. The maximum Gasteiger partial charge on any atom is 0.401 e. The van der Waals surface area contributed by atoms with Gasteiger partial charge in [0.1, 0.15) is 6.04 Å². The molecule has 0 saturated carbocycles. The zero-order chi connectivity index (χ0) is 11.4. The molecule has 0 aromatic carbocycles. The SMILES string of the molecule is CC(C)N(CC(N)C#N)CC(F)(F)F. The number of hydrogen-bond acceptors (Lipinski definition) is 3. The minimum atomic E-state index is -4.25. The molecule has 0 aromatic heterocycles. The Kier molecular flexibility index (Phi) is 4.88. The van der Waals surface area contributed by atoms with Crippen LogP contribution in [0, 0.1) is 11.3 Å². The molecule has 0 aliphatic heterocycles. The smallest absolute Gasteiger partial charge is 0.315 e. The summed E-state index contributed by atoms with van der Waals surface area (Å²) in [6.07, 6.45) is -4.25. The van der Waals surface area contributed by atoms with Gasteiger partial charge in [-0.3, -0.25) is 4.90 Å². The fourth-order valence-electron chi connectivity index (χ4n) is 0.982. The lowest BCUT2D eigenvalue weighted by Crippen LogP contribution is -2.45. The Morgan fingerprint density at radius 2 is 1.93 bits per heavy atom. The molecular weight excluding hydrogens is 195 g/mol. The van der Waals surface area contributed by atoms with Gasteiger partial charge in [-0.1, -0.05) is 0 Å². The van der Waals surface area contributed by atoms with Crippen molar-refractivity contribution >= 4 is 0 Å². The summed E-state index contributed by atoms with van der Waals surface area (Å²) in [6, 6.07) is 0.548. The Morgan fingerprint density at radius 3 is 2.21 bits per heavy atom. The van der Waals surface area contributed by atoms with Gasteiger partial charge in [-0.05, 0) is 13.8 Å². The van der Waals surface area contributed by atoms with Crippen LogP contribution in [-0.4, -0.2) is 36.2 Å². The summed E-state index contributed by atoms with van der Waals surface area (Å²) < 4.78 is 36.2. The number of halogens is 3. The van der Waals surface area contributed by atoms with E-state index in [1.54, 1.807) is 19.9 Å². The fourth-order valence-corrected chi connectivity index (χ4v) is 0.982. The van der Waals surface area contributed by atoms with Gasteiger partial charge in [-0.2, -0.15) is 18.4 Å². The number of nitrogens with two attached hydrogens (primary N) is 1. The quantitative estimate of drug-likeness (QED) is 0.754. The highest BCUT2D eigenvalue weighted by Gasteiger charge is 2.32. The average molecular weight is 209 g/mol. The monoisotopic (exact) mass is 209 g/mol. The van der Waals surface area contributed by atoms with Crippen molar-refractivity contribution in [1.29, 1.82) is 5.26 Å². The summed E-state index contributed by atoms with van der Waals surface area (Å²) in [7, 11) is 0. The molecule has 82 valence electrons. The van der Waals surface area contributed by atoms with Crippen LogP contribution in [0.3, 0.4) is 0 Å². The van der Waals surface area contributed by atoms with E-state index in [0.29, 0.717) is 0 Å². The van der Waals surface area contributed by atoms with E-state index >= 15 is 0 Å². The van der Waals surface area contributed by atoms with E-state index in [9.17, 15) is 13.2 Å². The molecule has 1 atom stereocenters. The molecule has 14 heavy (non-hydrogen) atoms. The predicted molar refractivity (Wildman–Crippen MR) is 46.4 cm³/mol. The van der Waals surface area contributed by atoms with Crippen LogP contribution in [-0.2, 0) is 0 Å². The first kappa shape index (κ1) is 13.2. The summed E-state index contributed by atoms with van der Waals surface area (Å²) in [4.78, 5) is 1.13. The van der Waals surface area contributed by atoms with Gasteiger partial charge in [0, 0.05) is 12.6 Å². The lowest BCUT2D eigenvalue weighted by Gasteiger charge is -2.27. The van der Waals surface area contributed by atoms with Crippen LogP contribution in [0.1, 0.15) is 13.8 Å². The van der Waals surface area contributed by atoms with E-state index in [-0.39, 0.29) is 12.6 Å². The van der Waals surface area contributed by atoms with E-state index in [0.717, 1.165) is 4.90 Å². The highest BCUT2D eigenvalue weighted by Crippen LogP contribution is 2.17. The van der Waals surface area contributed by atoms with Crippen molar-refractivity contribution in [3.63, 3.8) is 0 Å². The van der Waals surface area contributed by atoms with Crippen LogP contribution in [0.5, 0.6) is 0 Å². The third kappa shape index (κ3) is 5.78. The molecule has 0 rings (SSSR count). The van der Waals surface area contributed by atoms with E-state index in [4.69, 9.17) is 11.0 Å². The summed E-state index contributed by atoms with van der Waals surface area (Å²) in [5.74, 6) is 0. The van der Waals surface area contributed by atoms with Gasteiger partial charge in [0.15, 0.2) is 0 Å². The van der Waals surface area contributed by atoms with Crippen molar-refractivity contribution < 1.29 is 13.2 Å². The minimum Gasteiger partial charge on any atom is -0.315 e. The molecule has 3 nitrogen and oxygen atoms in total. The molecule has 0 fully saturated rings. The topological polar surface area (TPSA) is 53.0 Å². The number of nitriles is 1. The second kappa shape index (κ2) is 5.17. The van der Waals surface area contributed by atoms with Gasteiger partial charge >= 0.3 is 6.18 Å². The molecule has 0 saturated heterocycles. The maximum absolute atomic E-state index is 12.1. The third-order valence-electron chi connectivity index (χ3n) is 1.71.